The second kappa shape index (κ2) is 18.7. The van der Waals surface area contributed by atoms with Crippen molar-refractivity contribution < 1.29 is 34.4 Å². The van der Waals surface area contributed by atoms with Crippen LogP contribution in [0, 0.1) is 0 Å². The van der Waals surface area contributed by atoms with Gasteiger partial charge in [-0.15, -0.1) is 0 Å². The van der Waals surface area contributed by atoms with Gasteiger partial charge in [0.1, 0.15) is 0 Å². The third-order valence-electron chi connectivity index (χ3n) is 9.68. The maximum Gasteiger partial charge on any atom is 0.303 e. The quantitative estimate of drug-likeness (QED) is 0.0863. The van der Waals surface area contributed by atoms with Crippen LogP contribution in [0.25, 0.3) is 11.1 Å². The van der Waals surface area contributed by atoms with Crippen molar-refractivity contribution in [2.45, 2.75) is 89.2 Å². The second-order valence-electron chi connectivity index (χ2n) is 13.4. The van der Waals surface area contributed by atoms with Crippen LogP contribution < -0.4 is 5.32 Å². The maximum absolute atomic E-state index is 12.5. The molecule has 0 unspecified atom stereocenters. The average Bonchev–Trinajstić information content (AvgIpc) is 3.16. The summed E-state index contributed by atoms with van der Waals surface area (Å²) in [5.74, 6) is -0.859. The summed E-state index contributed by atoms with van der Waals surface area (Å²) in [6, 6.07) is 33.5. The van der Waals surface area contributed by atoms with Gasteiger partial charge in [-0.3, -0.25) is 14.5 Å². The Morgan fingerprint density at radius 2 is 1.51 bits per heavy atom. The van der Waals surface area contributed by atoms with Crippen LogP contribution in [0.3, 0.4) is 0 Å². The van der Waals surface area contributed by atoms with Gasteiger partial charge in [-0.2, -0.15) is 0 Å². The zero-order chi connectivity index (χ0) is 36.2. The van der Waals surface area contributed by atoms with E-state index < -0.39 is 18.4 Å². The van der Waals surface area contributed by atoms with Crippen LogP contribution >= 0.6 is 0 Å². The number of likely N-dealkylation sites (N-methyl/N-ethyl adjacent to an activating group) is 1. The van der Waals surface area contributed by atoms with Crippen LogP contribution in [0.4, 0.5) is 0 Å². The highest BCUT2D eigenvalue weighted by Crippen LogP contribution is 2.39. The van der Waals surface area contributed by atoms with E-state index in [1.54, 1.807) is 0 Å². The number of aliphatic hydroxyl groups is 2. The molecule has 0 saturated carbocycles. The number of hydrogen-bond donors (Lipinski definition) is 4. The zero-order valence-corrected chi connectivity index (χ0v) is 29.5. The van der Waals surface area contributed by atoms with Gasteiger partial charge in [0.05, 0.1) is 24.9 Å². The molecule has 0 bridgehead atoms. The third-order valence-corrected chi connectivity index (χ3v) is 9.68. The van der Waals surface area contributed by atoms with Crippen molar-refractivity contribution in [3.63, 3.8) is 0 Å². The molecule has 51 heavy (non-hydrogen) atoms. The van der Waals surface area contributed by atoms with Gasteiger partial charge >= 0.3 is 5.97 Å². The summed E-state index contributed by atoms with van der Waals surface area (Å²) in [5, 5.41) is 32.5. The summed E-state index contributed by atoms with van der Waals surface area (Å²) >= 11 is 0. The van der Waals surface area contributed by atoms with E-state index in [0.29, 0.717) is 45.2 Å². The lowest BCUT2D eigenvalue weighted by Crippen LogP contribution is -2.43. The molecule has 1 heterocycles. The first kappa shape index (κ1) is 37.9. The summed E-state index contributed by atoms with van der Waals surface area (Å²) in [7, 11) is 2.01. The van der Waals surface area contributed by atoms with Crippen molar-refractivity contribution in [3.05, 3.63) is 131 Å². The minimum atomic E-state index is -0.810. The predicted molar refractivity (Wildman–Crippen MR) is 196 cm³/mol. The molecule has 0 aliphatic carbocycles. The summed E-state index contributed by atoms with van der Waals surface area (Å²) in [6.07, 6.45) is 1.40. The standard InChI is InChI=1S/C42H50N2O7/c1-29(41(49)33-11-5-3-6-12-33)44(2)27-36-25-38(32-19-17-30(28-45)18-20-32)51-42(50-36)34-23-21-31(22-24-34)37-14-10-9-13-35(37)26-43-39(46)15-7-4-8-16-40(47)48/h3,5-6,9-14,17-24,29,36,38,41-42,45,49H,4,7-8,15-16,25-28H2,1-2H3,(H,43,46)(H,47,48)/t29-,36+,38-,41-,42-/m0/s1. The van der Waals surface area contributed by atoms with Gasteiger partial charge in [0.15, 0.2) is 6.29 Å². The van der Waals surface area contributed by atoms with E-state index in [0.717, 1.165) is 38.9 Å². The summed E-state index contributed by atoms with van der Waals surface area (Å²) < 4.78 is 13.2. The molecule has 270 valence electrons. The van der Waals surface area contributed by atoms with Crippen molar-refractivity contribution in [1.82, 2.24) is 10.2 Å². The minimum Gasteiger partial charge on any atom is -0.481 e. The van der Waals surface area contributed by atoms with Gasteiger partial charge in [0.25, 0.3) is 0 Å². The summed E-state index contributed by atoms with van der Waals surface area (Å²) in [6.45, 7) is 2.98. The number of ether oxygens (including phenoxy) is 2. The first-order valence-electron chi connectivity index (χ1n) is 17.8. The minimum absolute atomic E-state index is 0.0232. The average molecular weight is 695 g/mol. The Balaban J connectivity index is 1.27. The number of benzene rings is 4. The molecule has 5 atom stereocenters. The van der Waals surface area contributed by atoms with Gasteiger partial charge in [-0.05, 0) is 60.2 Å². The number of unbranched alkanes of at least 4 members (excludes halogenated alkanes) is 2. The van der Waals surface area contributed by atoms with Gasteiger partial charge in [-0.25, -0.2) is 0 Å². The van der Waals surface area contributed by atoms with Crippen molar-refractivity contribution in [3.8, 4) is 11.1 Å². The Morgan fingerprint density at radius 1 is 0.843 bits per heavy atom. The highest BCUT2D eigenvalue weighted by Gasteiger charge is 2.34. The summed E-state index contributed by atoms with van der Waals surface area (Å²) in [4.78, 5) is 25.3. The van der Waals surface area contributed by atoms with E-state index in [-0.39, 0.29) is 37.2 Å². The lowest BCUT2D eigenvalue weighted by molar-refractivity contribution is -0.253. The van der Waals surface area contributed by atoms with Crippen molar-refractivity contribution in [2.24, 2.45) is 0 Å². The number of hydrogen-bond acceptors (Lipinski definition) is 7. The Morgan fingerprint density at radius 3 is 2.22 bits per heavy atom. The van der Waals surface area contributed by atoms with Gasteiger partial charge in [-0.1, -0.05) is 110 Å². The van der Waals surface area contributed by atoms with Gasteiger partial charge in [0.2, 0.25) is 5.91 Å². The molecular formula is C42H50N2O7. The Bertz CT molecular complexity index is 1680. The number of aliphatic carboxylic acids is 1. The van der Waals surface area contributed by atoms with Gasteiger partial charge in [0, 0.05) is 44.0 Å². The predicted octanol–water partition coefficient (Wildman–Crippen LogP) is 7.10. The highest BCUT2D eigenvalue weighted by atomic mass is 16.7. The number of carbonyl (C=O) groups is 2. The molecule has 5 rings (SSSR count). The molecule has 4 aromatic carbocycles. The number of aliphatic hydroxyl groups excluding tert-OH is 2. The SMILES string of the molecule is C[C@@H]([C@H](O)c1ccccc1)N(C)C[C@H]1C[C@@H](c2ccc(CO)cc2)O[C@@H](c2ccc(-c3ccccc3CNC(=O)CCCCCC(=O)O)cc2)O1. The molecule has 1 aliphatic heterocycles. The number of nitrogens with zero attached hydrogens (tertiary/aromatic N) is 1. The number of nitrogens with one attached hydrogen (secondary N) is 1. The molecule has 9 heteroatoms. The van der Waals surface area contributed by atoms with Crippen LogP contribution in [-0.4, -0.2) is 57.8 Å². The first-order valence-corrected chi connectivity index (χ1v) is 17.8. The maximum atomic E-state index is 12.5. The fourth-order valence-corrected chi connectivity index (χ4v) is 6.49. The molecule has 4 aromatic rings. The van der Waals surface area contributed by atoms with Crippen LogP contribution in [0.2, 0.25) is 0 Å². The lowest BCUT2D eigenvalue weighted by Gasteiger charge is -2.39. The Labute approximate surface area is 300 Å². The fourth-order valence-electron chi connectivity index (χ4n) is 6.49. The van der Waals surface area contributed by atoms with Crippen LogP contribution in [0.5, 0.6) is 0 Å². The topological polar surface area (TPSA) is 129 Å². The normalized spacial score (nSPS) is 18.6. The molecule has 1 fully saturated rings. The molecule has 1 aliphatic rings. The fraction of sp³-hybridized carbons (Fsp3) is 0.381. The molecule has 1 amide bonds. The number of carbonyl (C=O) groups excluding carboxylic acids is 1. The molecule has 0 aromatic heterocycles. The van der Waals surface area contributed by atoms with Crippen molar-refractivity contribution in [1.29, 1.82) is 0 Å². The number of carboxylic acid groups (broad SMARTS) is 1. The first-order chi connectivity index (χ1) is 24.7. The number of amides is 1. The van der Waals surface area contributed by atoms with Crippen LogP contribution in [0.1, 0.15) is 91.8 Å². The lowest BCUT2D eigenvalue weighted by atomic mass is 9.97. The van der Waals surface area contributed by atoms with Crippen molar-refractivity contribution in [2.75, 3.05) is 13.6 Å². The highest BCUT2D eigenvalue weighted by molar-refractivity contribution is 5.76. The van der Waals surface area contributed by atoms with E-state index in [4.69, 9.17) is 14.6 Å². The number of rotatable bonds is 17. The molecule has 4 N–H and O–H groups in total. The molecule has 0 spiro atoms. The van der Waals surface area contributed by atoms with E-state index in [2.05, 4.69) is 10.2 Å². The van der Waals surface area contributed by atoms with E-state index >= 15 is 0 Å². The smallest absolute Gasteiger partial charge is 0.303 e. The van der Waals surface area contributed by atoms with E-state index in [1.807, 2.05) is 117 Å². The molecule has 0 radical (unpaired) electrons. The Hall–Kier alpha value is -4.38. The third kappa shape index (κ3) is 10.8. The second-order valence-corrected chi connectivity index (χ2v) is 13.4. The molecule has 1 saturated heterocycles. The van der Waals surface area contributed by atoms with E-state index in [1.165, 1.54) is 0 Å². The van der Waals surface area contributed by atoms with Crippen LogP contribution in [-0.2, 0) is 32.2 Å². The number of carboxylic acids is 1. The zero-order valence-electron chi connectivity index (χ0n) is 29.5. The Kier molecular flexibility index (Phi) is 13.9. The van der Waals surface area contributed by atoms with E-state index in [9.17, 15) is 19.8 Å². The van der Waals surface area contributed by atoms with Crippen LogP contribution in [0.15, 0.2) is 103 Å². The summed E-state index contributed by atoms with van der Waals surface area (Å²) in [5.41, 5.74) is 6.63. The molecular weight excluding hydrogens is 644 g/mol. The molecule has 9 nitrogen and oxygen atoms in total. The van der Waals surface area contributed by atoms with Gasteiger partial charge < -0.3 is 30.1 Å². The monoisotopic (exact) mass is 694 g/mol. The van der Waals surface area contributed by atoms with Crippen molar-refractivity contribution >= 4 is 11.9 Å². The largest absolute Gasteiger partial charge is 0.481 e.